The summed E-state index contributed by atoms with van der Waals surface area (Å²) in [5.41, 5.74) is 8.96. The lowest BCUT2D eigenvalue weighted by atomic mass is 9.75. The van der Waals surface area contributed by atoms with Crippen molar-refractivity contribution in [1.29, 1.82) is 5.26 Å². The van der Waals surface area contributed by atoms with Crippen molar-refractivity contribution in [3.63, 3.8) is 0 Å². The quantitative estimate of drug-likeness (QED) is 0.871. The first-order valence-electron chi connectivity index (χ1n) is 8.79. The minimum atomic E-state index is -0.546. The van der Waals surface area contributed by atoms with Crippen LogP contribution in [0.5, 0.6) is 11.5 Å². The lowest BCUT2D eigenvalue weighted by molar-refractivity contribution is -0.116. The van der Waals surface area contributed by atoms with E-state index in [-0.39, 0.29) is 5.78 Å². The molecule has 0 amide bonds. The van der Waals surface area contributed by atoms with Gasteiger partial charge in [0.2, 0.25) is 0 Å². The molecule has 1 aromatic carbocycles. The predicted molar refractivity (Wildman–Crippen MR) is 101 cm³/mol. The largest absolute Gasteiger partial charge is 0.497 e. The van der Waals surface area contributed by atoms with Gasteiger partial charge in [-0.25, -0.2) is 5.01 Å². The summed E-state index contributed by atoms with van der Waals surface area (Å²) in [6.07, 6.45) is 1.96. The number of methoxy groups -OCH3 is 2. The fraction of sp³-hybridized carbons (Fsp3) is 0.400. The summed E-state index contributed by atoms with van der Waals surface area (Å²) in [6, 6.07) is 7.63. The molecular weight excluding hydrogens is 344 g/mol. The maximum atomic E-state index is 12.9. The number of nitrogens with zero attached hydrogens (tertiary/aromatic N) is 3. The predicted octanol–water partition coefficient (Wildman–Crippen LogP) is 2.28. The molecule has 0 unspecified atom stereocenters. The van der Waals surface area contributed by atoms with Gasteiger partial charge in [-0.3, -0.25) is 9.80 Å². The van der Waals surface area contributed by atoms with Gasteiger partial charge in [-0.2, -0.15) is 5.26 Å². The number of hydrazine groups is 1. The molecule has 1 aliphatic carbocycles. The minimum absolute atomic E-state index is 0.0474. The Labute approximate surface area is 159 Å². The second kappa shape index (κ2) is 7.33. The third kappa shape index (κ3) is 3.02. The Balaban J connectivity index is 2.28. The van der Waals surface area contributed by atoms with Gasteiger partial charge in [0.25, 0.3) is 0 Å². The highest BCUT2D eigenvalue weighted by molar-refractivity contribution is 6.00. The number of hydrogen-bond donors (Lipinski definition) is 1. The van der Waals surface area contributed by atoms with Crippen molar-refractivity contribution in [3.8, 4) is 17.6 Å². The number of Topliss-reactive ketones (excluding diaryl/α,β-unsaturated/α-hetero) is 1. The maximum Gasteiger partial charge on any atom is 0.161 e. The molecule has 7 heteroatoms. The molecule has 0 radical (unpaired) electrons. The zero-order valence-electron chi connectivity index (χ0n) is 16.1. The standard InChI is InChI=1S/C20H24N4O3/c1-23(2)24-15-6-5-7-16(25)19(15)18(14(11-21)20(24)22)13-9-8-12(26-3)10-17(13)27-4/h8-10,18H,5-7,22H2,1-4H3/t18-/m0/s1. The second-order valence-corrected chi connectivity index (χ2v) is 6.75. The van der Waals surface area contributed by atoms with E-state index in [1.807, 2.05) is 25.2 Å². The SMILES string of the molecule is COc1ccc([C@H]2C(C#N)=C(N)N(N(C)C)C3=C2C(=O)CCC3)c(OC)c1. The van der Waals surface area contributed by atoms with Crippen molar-refractivity contribution in [2.24, 2.45) is 5.73 Å². The van der Waals surface area contributed by atoms with E-state index >= 15 is 0 Å². The molecule has 142 valence electrons. The van der Waals surface area contributed by atoms with Crippen LogP contribution in [0.2, 0.25) is 0 Å². The molecule has 0 bridgehead atoms. The molecule has 3 rings (SSSR count). The first-order chi connectivity index (χ1) is 12.9. The third-order valence-electron chi connectivity index (χ3n) is 5.04. The normalized spacial score (nSPS) is 19.9. The molecular formula is C20H24N4O3. The number of nitriles is 1. The van der Waals surface area contributed by atoms with Crippen molar-refractivity contribution >= 4 is 5.78 Å². The number of allylic oxidation sites excluding steroid dienone is 3. The summed E-state index contributed by atoms with van der Waals surface area (Å²) < 4.78 is 10.8. The summed E-state index contributed by atoms with van der Waals surface area (Å²) >= 11 is 0. The van der Waals surface area contributed by atoms with Gasteiger partial charge in [-0.05, 0) is 18.9 Å². The molecule has 1 heterocycles. The van der Waals surface area contributed by atoms with Crippen molar-refractivity contribution in [2.45, 2.75) is 25.2 Å². The molecule has 1 aliphatic heterocycles. The average Bonchev–Trinajstić information content (AvgIpc) is 2.66. The fourth-order valence-corrected chi connectivity index (χ4v) is 3.89. The zero-order chi connectivity index (χ0) is 19.7. The van der Waals surface area contributed by atoms with Crippen LogP contribution in [0.4, 0.5) is 0 Å². The van der Waals surface area contributed by atoms with Gasteiger partial charge in [0.05, 0.1) is 31.8 Å². The Morgan fingerprint density at radius 1 is 1.26 bits per heavy atom. The van der Waals surface area contributed by atoms with Crippen molar-refractivity contribution in [1.82, 2.24) is 10.0 Å². The van der Waals surface area contributed by atoms with E-state index < -0.39 is 5.92 Å². The molecule has 0 saturated heterocycles. The summed E-state index contributed by atoms with van der Waals surface area (Å²) in [7, 11) is 6.83. The van der Waals surface area contributed by atoms with Crippen LogP contribution >= 0.6 is 0 Å². The highest BCUT2D eigenvalue weighted by Gasteiger charge is 2.41. The lowest BCUT2D eigenvalue weighted by Gasteiger charge is -2.42. The molecule has 2 N–H and O–H groups in total. The summed E-state index contributed by atoms with van der Waals surface area (Å²) in [5, 5.41) is 13.5. The van der Waals surface area contributed by atoms with Crippen molar-refractivity contribution in [2.75, 3.05) is 28.3 Å². The van der Waals surface area contributed by atoms with Gasteiger partial charge >= 0.3 is 0 Å². The number of nitrogens with two attached hydrogens (primary N) is 1. The Morgan fingerprint density at radius 3 is 2.59 bits per heavy atom. The number of ether oxygens (including phenoxy) is 2. The Bertz CT molecular complexity index is 880. The molecule has 27 heavy (non-hydrogen) atoms. The molecule has 1 aromatic rings. The van der Waals surface area contributed by atoms with E-state index in [0.29, 0.717) is 34.9 Å². The average molecular weight is 368 g/mol. The minimum Gasteiger partial charge on any atom is -0.497 e. The van der Waals surface area contributed by atoms with E-state index in [1.54, 1.807) is 31.4 Å². The van der Waals surface area contributed by atoms with Gasteiger partial charge in [0, 0.05) is 43.4 Å². The molecule has 0 spiro atoms. The Morgan fingerprint density at radius 2 is 2.00 bits per heavy atom. The number of hydrogen-bond acceptors (Lipinski definition) is 7. The van der Waals surface area contributed by atoms with Gasteiger partial charge in [-0.1, -0.05) is 6.07 Å². The van der Waals surface area contributed by atoms with E-state index in [4.69, 9.17) is 15.2 Å². The van der Waals surface area contributed by atoms with Crippen LogP contribution in [0.25, 0.3) is 0 Å². The number of carbonyl (C=O) groups is 1. The van der Waals surface area contributed by atoms with Gasteiger partial charge < -0.3 is 15.2 Å². The molecule has 0 fully saturated rings. The highest BCUT2D eigenvalue weighted by Crippen LogP contribution is 2.47. The van der Waals surface area contributed by atoms with Crippen molar-refractivity contribution in [3.05, 3.63) is 46.4 Å². The first kappa shape index (κ1) is 18.8. The molecule has 2 aliphatic rings. The molecule has 0 saturated carbocycles. The number of rotatable bonds is 4. The molecule has 0 aromatic heterocycles. The van der Waals surface area contributed by atoms with E-state index in [0.717, 1.165) is 24.1 Å². The van der Waals surface area contributed by atoms with E-state index in [9.17, 15) is 10.1 Å². The van der Waals surface area contributed by atoms with Gasteiger partial charge in [-0.15, -0.1) is 0 Å². The lowest BCUT2D eigenvalue weighted by Crippen LogP contribution is -2.45. The van der Waals surface area contributed by atoms with Crippen LogP contribution < -0.4 is 15.2 Å². The summed E-state index contributed by atoms with van der Waals surface area (Å²) in [6.45, 7) is 0. The van der Waals surface area contributed by atoms with E-state index in [1.165, 1.54) is 0 Å². The van der Waals surface area contributed by atoms with Crippen LogP contribution in [-0.4, -0.2) is 44.1 Å². The summed E-state index contributed by atoms with van der Waals surface area (Å²) in [4.78, 5) is 12.9. The Hall–Kier alpha value is -2.98. The Kier molecular flexibility index (Phi) is 5.10. The smallest absolute Gasteiger partial charge is 0.161 e. The zero-order valence-corrected chi connectivity index (χ0v) is 16.1. The van der Waals surface area contributed by atoms with Gasteiger partial charge in [0.15, 0.2) is 5.78 Å². The molecule has 1 atom stereocenters. The maximum absolute atomic E-state index is 12.9. The first-order valence-corrected chi connectivity index (χ1v) is 8.79. The second-order valence-electron chi connectivity index (χ2n) is 6.75. The molecule has 7 nitrogen and oxygen atoms in total. The van der Waals surface area contributed by atoms with Crippen LogP contribution in [0.15, 0.2) is 40.9 Å². The number of benzene rings is 1. The summed E-state index contributed by atoms with van der Waals surface area (Å²) in [5.74, 6) is 1.05. The number of ketones is 1. The van der Waals surface area contributed by atoms with E-state index in [2.05, 4.69) is 6.07 Å². The van der Waals surface area contributed by atoms with Gasteiger partial charge in [0.1, 0.15) is 17.3 Å². The number of carbonyl (C=O) groups excluding carboxylic acids is 1. The monoisotopic (exact) mass is 368 g/mol. The van der Waals surface area contributed by atoms with Crippen LogP contribution in [0.1, 0.15) is 30.7 Å². The topological polar surface area (TPSA) is 91.8 Å². The van der Waals surface area contributed by atoms with Crippen LogP contribution in [-0.2, 0) is 4.79 Å². The van der Waals surface area contributed by atoms with Crippen molar-refractivity contribution < 1.29 is 14.3 Å². The fourth-order valence-electron chi connectivity index (χ4n) is 3.89. The van der Waals surface area contributed by atoms with Crippen LogP contribution in [0, 0.1) is 11.3 Å². The third-order valence-corrected chi connectivity index (χ3v) is 5.04. The van der Waals surface area contributed by atoms with Crippen LogP contribution in [0.3, 0.4) is 0 Å². The highest BCUT2D eigenvalue weighted by atomic mass is 16.5.